The summed E-state index contributed by atoms with van der Waals surface area (Å²) in [6.07, 6.45) is 1.76. The molecule has 2 aromatic carbocycles. The molecule has 0 fully saturated rings. The van der Waals surface area contributed by atoms with Gasteiger partial charge < -0.3 is 0 Å². The van der Waals surface area contributed by atoms with E-state index in [1.165, 1.54) is 0 Å². The minimum absolute atomic E-state index is 0.345. The second-order valence-electron chi connectivity index (χ2n) is 4.67. The first-order valence-corrected chi connectivity index (χ1v) is 9.06. The van der Waals surface area contributed by atoms with Crippen LogP contribution in [0.5, 0.6) is 0 Å². The Kier molecular flexibility index (Phi) is 5.18. The van der Waals surface area contributed by atoms with Crippen molar-refractivity contribution in [2.75, 3.05) is 6.54 Å². The first kappa shape index (κ1) is 15.5. The van der Waals surface area contributed by atoms with Crippen LogP contribution in [-0.4, -0.2) is 19.8 Å². The molecule has 0 aliphatic rings. The van der Waals surface area contributed by atoms with Crippen LogP contribution in [0, 0.1) is 0 Å². The van der Waals surface area contributed by atoms with Gasteiger partial charge in [-0.15, -0.1) is 0 Å². The van der Waals surface area contributed by atoms with Crippen molar-refractivity contribution in [3.05, 3.63) is 42.5 Å². The van der Waals surface area contributed by atoms with Gasteiger partial charge in [-0.25, -0.2) is 13.1 Å². The highest BCUT2D eigenvalue weighted by Crippen LogP contribution is 2.22. The largest absolute Gasteiger partial charge is 0.241 e. The van der Waals surface area contributed by atoms with Crippen molar-refractivity contribution in [1.29, 1.82) is 0 Å². The van der Waals surface area contributed by atoms with E-state index >= 15 is 0 Å². The Balaban J connectivity index is 2.24. The standard InChI is InChI=1S/C15H18BrNO2S/c1-2-13(16)10-11-17-20(18,19)15-9-5-7-12-6-3-4-8-14(12)15/h3-9,13,17H,2,10-11H2,1H3. The first-order chi connectivity index (χ1) is 9.54. The predicted molar refractivity (Wildman–Crippen MR) is 86.8 cm³/mol. The number of hydrogen-bond donors (Lipinski definition) is 1. The van der Waals surface area contributed by atoms with Gasteiger partial charge in [0.05, 0.1) is 4.90 Å². The minimum atomic E-state index is -3.46. The van der Waals surface area contributed by atoms with Gasteiger partial charge in [0.25, 0.3) is 0 Å². The maximum Gasteiger partial charge on any atom is 0.241 e. The van der Waals surface area contributed by atoms with Gasteiger partial charge in [-0.1, -0.05) is 59.3 Å². The average Bonchev–Trinajstić information content (AvgIpc) is 2.46. The van der Waals surface area contributed by atoms with Crippen LogP contribution in [0.15, 0.2) is 47.4 Å². The molecule has 0 saturated carbocycles. The van der Waals surface area contributed by atoms with Crippen molar-refractivity contribution in [3.63, 3.8) is 0 Å². The zero-order valence-electron chi connectivity index (χ0n) is 11.3. The van der Waals surface area contributed by atoms with Gasteiger partial charge in [0.2, 0.25) is 10.0 Å². The second kappa shape index (κ2) is 6.70. The van der Waals surface area contributed by atoms with Crippen molar-refractivity contribution in [2.45, 2.75) is 29.5 Å². The van der Waals surface area contributed by atoms with Crippen LogP contribution in [0.2, 0.25) is 0 Å². The maximum atomic E-state index is 12.4. The number of halogens is 1. The molecule has 2 rings (SSSR count). The van der Waals surface area contributed by atoms with Crippen molar-refractivity contribution in [3.8, 4) is 0 Å². The molecule has 0 aromatic heterocycles. The van der Waals surface area contributed by atoms with E-state index in [-0.39, 0.29) is 0 Å². The third kappa shape index (κ3) is 3.59. The van der Waals surface area contributed by atoms with E-state index in [0.717, 1.165) is 23.6 Å². The summed E-state index contributed by atoms with van der Waals surface area (Å²) in [7, 11) is -3.46. The van der Waals surface area contributed by atoms with E-state index < -0.39 is 10.0 Å². The summed E-state index contributed by atoms with van der Waals surface area (Å²) in [6.45, 7) is 2.51. The van der Waals surface area contributed by atoms with Gasteiger partial charge in [0.15, 0.2) is 0 Å². The topological polar surface area (TPSA) is 46.2 Å². The Bertz CT molecular complexity index is 680. The Morgan fingerprint density at radius 1 is 1.15 bits per heavy atom. The van der Waals surface area contributed by atoms with E-state index in [0.29, 0.717) is 16.3 Å². The smallest absolute Gasteiger partial charge is 0.211 e. The molecule has 0 amide bonds. The van der Waals surface area contributed by atoms with Crippen molar-refractivity contribution in [2.24, 2.45) is 0 Å². The number of fused-ring (bicyclic) bond motifs is 1. The Morgan fingerprint density at radius 2 is 1.85 bits per heavy atom. The van der Waals surface area contributed by atoms with Crippen molar-refractivity contribution in [1.82, 2.24) is 4.72 Å². The summed E-state index contributed by atoms with van der Waals surface area (Å²) in [5.41, 5.74) is 0. The number of hydrogen-bond acceptors (Lipinski definition) is 2. The number of benzene rings is 2. The normalized spacial score (nSPS) is 13.5. The van der Waals surface area contributed by atoms with Crippen LogP contribution in [-0.2, 0) is 10.0 Å². The Hall–Kier alpha value is -0.910. The van der Waals surface area contributed by atoms with E-state index in [1.54, 1.807) is 12.1 Å². The van der Waals surface area contributed by atoms with E-state index in [9.17, 15) is 8.42 Å². The van der Waals surface area contributed by atoms with Gasteiger partial charge in [0, 0.05) is 16.8 Å². The minimum Gasteiger partial charge on any atom is -0.211 e. The zero-order chi connectivity index (χ0) is 14.6. The molecule has 0 saturated heterocycles. The molecular weight excluding hydrogens is 338 g/mol. The highest BCUT2D eigenvalue weighted by atomic mass is 79.9. The van der Waals surface area contributed by atoms with Crippen molar-refractivity contribution < 1.29 is 8.42 Å². The van der Waals surface area contributed by atoms with E-state index in [1.807, 2.05) is 30.3 Å². The molecule has 3 nitrogen and oxygen atoms in total. The summed E-state index contributed by atoms with van der Waals surface area (Å²) < 4.78 is 27.5. The molecule has 20 heavy (non-hydrogen) atoms. The maximum absolute atomic E-state index is 12.4. The average molecular weight is 356 g/mol. The Labute approximate surface area is 128 Å². The highest BCUT2D eigenvalue weighted by molar-refractivity contribution is 9.09. The van der Waals surface area contributed by atoms with E-state index in [4.69, 9.17) is 0 Å². The third-order valence-electron chi connectivity index (χ3n) is 3.23. The first-order valence-electron chi connectivity index (χ1n) is 6.66. The summed E-state index contributed by atoms with van der Waals surface area (Å²) in [6, 6.07) is 12.9. The lowest BCUT2D eigenvalue weighted by molar-refractivity contribution is 0.578. The molecule has 5 heteroatoms. The van der Waals surface area contributed by atoms with Crippen LogP contribution in [0.25, 0.3) is 10.8 Å². The van der Waals surface area contributed by atoms with E-state index in [2.05, 4.69) is 27.6 Å². The monoisotopic (exact) mass is 355 g/mol. The lowest BCUT2D eigenvalue weighted by Gasteiger charge is -2.11. The van der Waals surface area contributed by atoms with Crippen LogP contribution in [0.4, 0.5) is 0 Å². The summed E-state index contributed by atoms with van der Waals surface area (Å²) in [4.78, 5) is 0.691. The quantitative estimate of drug-likeness (QED) is 0.803. The number of rotatable bonds is 6. The molecule has 0 radical (unpaired) electrons. The summed E-state index contributed by atoms with van der Waals surface area (Å²) >= 11 is 3.51. The van der Waals surface area contributed by atoms with Gasteiger partial charge in [-0.05, 0) is 24.3 Å². The molecule has 0 aliphatic heterocycles. The van der Waals surface area contributed by atoms with Gasteiger partial charge >= 0.3 is 0 Å². The van der Waals surface area contributed by atoms with Crippen LogP contribution in [0.1, 0.15) is 19.8 Å². The molecule has 1 unspecified atom stereocenters. The lowest BCUT2D eigenvalue weighted by atomic mass is 10.1. The molecule has 0 heterocycles. The molecule has 1 N–H and O–H groups in total. The molecule has 0 aliphatic carbocycles. The van der Waals surface area contributed by atoms with Crippen LogP contribution in [0.3, 0.4) is 0 Å². The number of nitrogens with one attached hydrogen (secondary N) is 1. The third-order valence-corrected chi connectivity index (χ3v) is 5.86. The predicted octanol–water partition coefficient (Wildman–Crippen LogP) is 3.68. The fourth-order valence-corrected chi connectivity index (χ4v) is 3.57. The van der Waals surface area contributed by atoms with Gasteiger partial charge in [0.1, 0.15) is 0 Å². The highest BCUT2D eigenvalue weighted by Gasteiger charge is 2.16. The molecular formula is C15H18BrNO2S. The van der Waals surface area contributed by atoms with Crippen molar-refractivity contribution >= 4 is 36.7 Å². The molecule has 1 atom stereocenters. The SMILES string of the molecule is CCC(Br)CCNS(=O)(=O)c1cccc2ccccc12. The van der Waals surface area contributed by atoms with Crippen LogP contribution < -0.4 is 4.72 Å². The summed E-state index contributed by atoms with van der Waals surface area (Å²) in [5.74, 6) is 0. The zero-order valence-corrected chi connectivity index (χ0v) is 13.7. The fraction of sp³-hybridized carbons (Fsp3) is 0.333. The second-order valence-corrected chi connectivity index (χ2v) is 7.70. The van der Waals surface area contributed by atoms with Gasteiger partial charge in [-0.2, -0.15) is 0 Å². The molecule has 0 bridgehead atoms. The lowest BCUT2D eigenvalue weighted by Crippen LogP contribution is -2.26. The number of alkyl halides is 1. The Morgan fingerprint density at radius 3 is 2.60 bits per heavy atom. The number of sulfonamides is 1. The summed E-state index contributed by atoms with van der Waals surface area (Å²) in [5, 5.41) is 1.69. The molecule has 108 valence electrons. The molecule has 0 spiro atoms. The van der Waals surface area contributed by atoms with Gasteiger partial charge in [-0.3, -0.25) is 0 Å². The molecule has 2 aromatic rings. The fourth-order valence-electron chi connectivity index (χ4n) is 2.06. The van der Waals surface area contributed by atoms with Crippen LogP contribution >= 0.6 is 15.9 Å².